The molecule has 3 heterocycles. The van der Waals surface area contributed by atoms with Gasteiger partial charge in [0.1, 0.15) is 0 Å². The summed E-state index contributed by atoms with van der Waals surface area (Å²) in [5, 5.41) is 2.46. The van der Waals surface area contributed by atoms with Gasteiger partial charge in [-0.05, 0) is 165 Å². The van der Waals surface area contributed by atoms with Gasteiger partial charge < -0.3 is 14.4 Å². The third-order valence-electron chi connectivity index (χ3n) is 17.8. The summed E-state index contributed by atoms with van der Waals surface area (Å²) < 4.78 is 2.60. The molecule has 0 fully saturated rings. The van der Waals surface area contributed by atoms with Crippen LogP contribution in [0.5, 0.6) is 0 Å². The van der Waals surface area contributed by atoms with E-state index in [1.807, 2.05) is 0 Å². The zero-order valence-electron chi connectivity index (χ0n) is 52.2. The van der Waals surface area contributed by atoms with Crippen molar-refractivity contribution in [3.63, 3.8) is 0 Å². The molecule has 0 amide bonds. The third kappa shape index (κ3) is 9.58. The predicted molar refractivity (Wildman–Crippen MR) is 358 cm³/mol. The zero-order valence-corrected chi connectivity index (χ0v) is 52.2. The van der Waals surface area contributed by atoms with Crippen LogP contribution in [0, 0.1) is 0 Å². The van der Waals surface area contributed by atoms with Gasteiger partial charge in [0.05, 0.1) is 16.7 Å². The van der Waals surface area contributed by atoms with Crippen LogP contribution in [0.25, 0.3) is 49.7 Å². The van der Waals surface area contributed by atoms with Crippen LogP contribution in [-0.4, -0.2) is 11.3 Å². The van der Waals surface area contributed by atoms with E-state index in [4.69, 9.17) is 0 Å². The Balaban J connectivity index is 1.30. The van der Waals surface area contributed by atoms with Gasteiger partial charge in [-0.15, -0.1) is 0 Å². The minimum atomic E-state index is -0.105. The Morgan fingerprint density at radius 2 is 0.610 bits per heavy atom. The molecule has 12 rings (SSSR count). The predicted octanol–water partition coefficient (Wildman–Crippen LogP) is 20.0. The lowest BCUT2D eigenvalue weighted by Gasteiger charge is -2.46. The van der Waals surface area contributed by atoms with Gasteiger partial charge in [-0.3, -0.25) is 0 Å². The molecule has 0 saturated heterocycles. The first-order chi connectivity index (χ1) is 38.4. The molecular weight excluding hydrogens is 990 g/mol. The van der Waals surface area contributed by atoms with E-state index in [-0.39, 0.29) is 39.2 Å². The number of hydrogen-bond donors (Lipinski definition) is 0. The van der Waals surface area contributed by atoms with Gasteiger partial charge in [0.15, 0.2) is 0 Å². The minimum absolute atomic E-state index is 0.0746. The Bertz CT molecular complexity index is 3820. The van der Waals surface area contributed by atoms with Crippen molar-refractivity contribution in [2.45, 2.75) is 157 Å². The van der Waals surface area contributed by atoms with Gasteiger partial charge in [-0.1, -0.05) is 246 Å². The molecule has 0 atom stereocenters. The largest absolute Gasteiger partial charge is 0.311 e. The van der Waals surface area contributed by atoms with Gasteiger partial charge >= 0.3 is 0 Å². The van der Waals surface area contributed by atoms with Crippen LogP contribution in [0.1, 0.15) is 158 Å². The summed E-state index contributed by atoms with van der Waals surface area (Å²) >= 11 is 0. The Morgan fingerprint density at radius 1 is 0.268 bits per heavy atom. The fourth-order valence-electron chi connectivity index (χ4n) is 12.7. The average Bonchev–Trinajstić information content (AvgIpc) is 1.01. The molecule has 1 aromatic heterocycles. The molecule has 2 aliphatic rings. The lowest BCUT2D eigenvalue weighted by molar-refractivity contribution is 0.568. The molecule has 0 unspecified atom stereocenters. The molecule has 4 heteroatoms. The summed E-state index contributed by atoms with van der Waals surface area (Å²) in [6.07, 6.45) is 0. The average molecular weight is 1070 g/mol. The first-order valence-electron chi connectivity index (χ1n) is 30.0. The van der Waals surface area contributed by atoms with Crippen LogP contribution in [0.4, 0.5) is 34.1 Å². The van der Waals surface area contributed by atoms with Gasteiger partial charge in [0.2, 0.25) is 0 Å². The highest BCUT2D eigenvalue weighted by Crippen LogP contribution is 2.50. The molecule has 82 heavy (non-hydrogen) atoms. The molecule has 3 nitrogen and oxygen atoms in total. The lowest BCUT2D eigenvalue weighted by atomic mass is 9.33. The van der Waals surface area contributed by atoms with Crippen LogP contribution in [0.15, 0.2) is 182 Å². The minimum Gasteiger partial charge on any atom is -0.311 e. The molecular formula is C78H84BN3. The van der Waals surface area contributed by atoms with E-state index in [0.717, 1.165) is 5.69 Å². The smallest absolute Gasteiger partial charge is 0.252 e. The second-order valence-corrected chi connectivity index (χ2v) is 30.1. The van der Waals surface area contributed by atoms with Crippen LogP contribution < -0.4 is 26.2 Å². The monoisotopic (exact) mass is 1070 g/mol. The van der Waals surface area contributed by atoms with Crippen molar-refractivity contribution >= 4 is 79.0 Å². The van der Waals surface area contributed by atoms with E-state index < -0.39 is 0 Å². The van der Waals surface area contributed by atoms with Crippen molar-refractivity contribution in [3.05, 3.63) is 215 Å². The number of rotatable bonds is 5. The zero-order chi connectivity index (χ0) is 58.4. The normalized spacial score (nSPS) is 13.9. The Kier molecular flexibility index (Phi) is 12.7. The molecule has 0 saturated carbocycles. The molecule has 0 spiro atoms. The van der Waals surface area contributed by atoms with Gasteiger partial charge in [0, 0.05) is 44.9 Å². The molecule has 0 aliphatic carbocycles. The summed E-state index contributed by atoms with van der Waals surface area (Å²) in [6.45, 7) is 42.5. The highest BCUT2D eigenvalue weighted by Gasteiger charge is 2.45. The van der Waals surface area contributed by atoms with E-state index in [0.29, 0.717) is 0 Å². The number of anilines is 6. The fourth-order valence-corrected chi connectivity index (χ4v) is 12.7. The Hall–Kier alpha value is -7.56. The van der Waals surface area contributed by atoms with Crippen molar-refractivity contribution in [2.24, 2.45) is 0 Å². The maximum absolute atomic E-state index is 2.67. The topological polar surface area (TPSA) is 11.4 Å². The maximum atomic E-state index is 2.67. The van der Waals surface area contributed by atoms with E-state index in [9.17, 15) is 0 Å². The van der Waals surface area contributed by atoms with Crippen LogP contribution in [-0.2, 0) is 32.5 Å². The summed E-state index contributed by atoms with van der Waals surface area (Å²) in [6, 6.07) is 71.0. The molecule has 414 valence electrons. The molecule has 0 bridgehead atoms. The van der Waals surface area contributed by atoms with E-state index in [2.05, 4.69) is 321 Å². The first-order valence-corrected chi connectivity index (χ1v) is 30.0. The first kappa shape index (κ1) is 55.0. The quantitative estimate of drug-likeness (QED) is 0.159. The highest BCUT2D eigenvalue weighted by atomic mass is 15.2. The van der Waals surface area contributed by atoms with Gasteiger partial charge in [-0.2, -0.15) is 0 Å². The molecule has 0 radical (unpaired) electrons. The number of fused-ring (bicyclic) bond motifs is 7. The highest BCUT2D eigenvalue weighted by molar-refractivity contribution is 7.00. The molecule has 10 aromatic rings. The molecule has 2 aliphatic heterocycles. The van der Waals surface area contributed by atoms with E-state index in [1.165, 1.54) is 128 Å². The van der Waals surface area contributed by atoms with Crippen LogP contribution >= 0.6 is 0 Å². The summed E-state index contributed by atoms with van der Waals surface area (Å²) in [5.74, 6) is 0. The maximum Gasteiger partial charge on any atom is 0.252 e. The number of hydrogen-bond acceptors (Lipinski definition) is 2. The van der Waals surface area contributed by atoms with Crippen molar-refractivity contribution in [2.75, 3.05) is 9.80 Å². The van der Waals surface area contributed by atoms with E-state index >= 15 is 0 Å². The number of aromatic nitrogens is 1. The SMILES string of the molecule is CC(C)(C)c1cc(N2c3ccc(C(C)(C)C)cc3B3c4cc(C(C)(C)C)ccc4N(c4cc(C(C)(C)C)cc(C(C)(C)C)c4)c4cc(-n5c6cc(-c7ccccc7)ccc6c6ccc(-c7ccccc7)cc65)cc2c43)cc(C(C)(C)C)c1. The third-order valence-corrected chi connectivity index (χ3v) is 17.8. The summed E-state index contributed by atoms with van der Waals surface area (Å²) in [7, 11) is 0. The summed E-state index contributed by atoms with van der Waals surface area (Å²) in [5.41, 5.74) is 26.9. The van der Waals surface area contributed by atoms with Gasteiger partial charge in [-0.25, -0.2) is 0 Å². The molecule has 0 N–H and O–H groups in total. The fraction of sp³-hybridized carbons (Fsp3) is 0.308. The Labute approximate surface area is 491 Å². The van der Waals surface area contributed by atoms with Crippen LogP contribution in [0.3, 0.4) is 0 Å². The standard InChI is InChI=1S/C78H84BN3/c1-73(2,3)53-31-35-66-64(45-53)79-65-46-54(74(4,5)6)32-36-67(65)81(60-43-57(77(13,14)15)40-58(44-60)78(16,17)18)71-48-61(47-70(72(71)79)80(66)59-41-55(75(7,8)9)39-56(42-59)76(10,11)12)82-68-37-51(49-25-21-19-22-26-49)29-33-62(68)63-34-30-52(38-69(63)82)50-27-23-20-24-28-50/h19-48H,1-18H3. The lowest BCUT2D eigenvalue weighted by Crippen LogP contribution is -2.61. The summed E-state index contributed by atoms with van der Waals surface area (Å²) in [4.78, 5) is 5.35. The molecule has 9 aromatic carbocycles. The number of nitrogens with zero attached hydrogens (tertiary/aromatic N) is 3. The van der Waals surface area contributed by atoms with E-state index in [1.54, 1.807) is 0 Å². The van der Waals surface area contributed by atoms with Gasteiger partial charge in [0.25, 0.3) is 6.71 Å². The van der Waals surface area contributed by atoms with Crippen LogP contribution in [0.2, 0.25) is 0 Å². The number of benzene rings is 9. The van der Waals surface area contributed by atoms with Crippen molar-refractivity contribution in [1.29, 1.82) is 0 Å². The van der Waals surface area contributed by atoms with Crippen molar-refractivity contribution < 1.29 is 0 Å². The van der Waals surface area contributed by atoms with Crippen molar-refractivity contribution in [3.8, 4) is 27.9 Å². The second kappa shape index (κ2) is 19.0. The Morgan fingerprint density at radius 3 is 0.939 bits per heavy atom. The second-order valence-electron chi connectivity index (χ2n) is 30.1. The van der Waals surface area contributed by atoms with Crippen molar-refractivity contribution in [1.82, 2.24) is 4.57 Å².